The summed E-state index contributed by atoms with van der Waals surface area (Å²) in [6.45, 7) is 4.99. The molecule has 1 saturated heterocycles. The molecule has 5 nitrogen and oxygen atoms in total. The Morgan fingerprint density at radius 3 is 2.28 bits per heavy atom. The first-order valence-electron chi connectivity index (χ1n) is 6.15. The van der Waals surface area contributed by atoms with Crippen LogP contribution in [0.3, 0.4) is 0 Å². The molecule has 0 aliphatic carbocycles. The number of benzene rings is 1. The Morgan fingerprint density at radius 1 is 1.22 bits per heavy atom. The molecule has 98 valence electrons. The van der Waals surface area contributed by atoms with Crippen molar-refractivity contribution in [3.8, 4) is 0 Å². The number of carbonyl (C=O) groups is 1. The number of nitrogens with zero attached hydrogens (tertiary/aromatic N) is 2. The summed E-state index contributed by atoms with van der Waals surface area (Å²) in [5.41, 5.74) is 7.57. The number of anilines is 2. The topological polar surface area (TPSA) is 69.8 Å². The maximum Gasteiger partial charge on any atom is 0.320 e. The average Bonchev–Trinajstić information content (AvgIpc) is 2.39. The van der Waals surface area contributed by atoms with E-state index in [1.54, 1.807) is 6.92 Å². The van der Waals surface area contributed by atoms with E-state index < -0.39 is 12.0 Å². The van der Waals surface area contributed by atoms with Crippen molar-refractivity contribution in [1.29, 1.82) is 0 Å². The second-order valence-electron chi connectivity index (χ2n) is 4.63. The number of nitrogen functional groups attached to an aromatic ring is 1. The van der Waals surface area contributed by atoms with Crippen LogP contribution in [0.2, 0.25) is 0 Å². The molecular weight excluding hydrogens is 230 g/mol. The average molecular weight is 249 g/mol. The molecule has 3 N–H and O–H groups in total. The van der Waals surface area contributed by atoms with E-state index in [0.717, 1.165) is 37.6 Å². The molecule has 0 bridgehead atoms. The Morgan fingerprint density at radius 2 is 1.78 bits per heavy atom. The van der Waals surface area contributed by atoms with Crippen molar-refractivity contribution < 1.29 is 9.90 Å². The van der Waals surface area contributed by atoms with Crippen molar-refractivity contribution >= 4 is 17.3 Å². The number of rotatable bonds is 3. The number of hydrogen-bond acceptors (Lipinski definition) is 4. The van der Waals surface area contributed by atoms with E-state index in [-0.39, 0.29) is 0 Å². The number of carboxylic acids is 1. The summed E-state index contributed by atoms with van der Waals surface area (Å²) >= 11 is 0. The second-order valence-corrected chi connectivity index (χ2v) is 4.63. The van der Waals surface area contributed by atoms with Gasteiger partial charge in [0.15, 0.2) is 0 Å². The lowest BCUT2D eigenvalue weighted by Crippen LogP contribution is -2.51. The van der Waals surface area contributed by atoms with Gasteiger partial charge in [0.25, 0.3) is 0 Å². The van der Waals surface area contributed by atoms with Crippen LogP contribution in [-0.4, -0.2) is 48.2 Å². The van der Waals surface area contributed by atoms with Gasteiger partial charge >= 0.3 is 5.97 Å². The van der Waals surface area contributed by atoms with Crippen LogP contribution in [0.15, 0.2) is 24.3 Å². The molecule has 1 aromatic rings. The van der Waals surface area contributed by atoms with Gasteiger partial charge in [-0.05, 0) is 31.2 Å². The fraction of sp³-hybridized carbons (Fsp3) is 0.462. The number of hydrogen-bond donors (Lipinski definition) is 2. The Balaban J connectivity index is 1.94. The van der Waals surface area contributed by atoms with Gasteiger partial charge in [-0.1, -0.05) is 0 Å². The summed E-state index contributed by atoms with van der Waals surface area (Å²) in [5, 5.41) is 8.98. The molecule has 1 atom stereocenters. The zero-order valence-electron chi connectivity index (χ0n) is 10.5. The van der Waals surface area contributed by atoms with Gasteiger partial charge in [-0.25, -0.2) is 0 Å². The molecule has 1 aromatic carbocycles. The van der Waals surface area contributed by atoms with Gasteiger partial charge in [-0.15, -0.1) is 0 Å². The Bertz CT molecular complexity index is 411. The van der Waals surface area contributed by atoms with Crippen LogP contribution in [0, 0.1) is 0 Å². The fourth-order valence-electron chi connectivity index (χ4n) is 2.21. The first-order valence-corrected chi connectivity index (χ1v) is 6.15. The summed E-state index contributed by atoms with van der Waals surface area (Å²) in [4.78, 5) is 15.2. The molecule has 1 unspecified atom stereocenters. The quantitative estimate of drug-likeness (QED) is 0.778. The molecule has 1 aliphatic rings. The van der Waals surface area contributed by atoms with Gasteiger partial charge in [0, 0.05) is 37.6 Å². The van der Waals surface area contributed by atoms with Gasteiger partial charge in [-0.2, -0.15) is 0 Å². The van der Waals surface area contributed by atoms with Gasteiger partial charge < -0.3 is 15.7 Å². The smallest absolute Gasteiger partial charge is 0.320 e. The van der Waals surface area contributed by atoms with E-state index in [1.807, 2.05) is 29.2 Å². The molecule has 2 rings (SSSR count). The summed E-state index contributed by atoms with van der Waals surface area (Å²) in [5.74, 6) is -0.754. The molecule has 1 fully saturated rings. The Hall–Kier alpha value is -1.75. The molecule has 0 amide bonds. The third-order valence-electron chi connectivity index (χ3n) is 3.48. The molecular formula is C13H19N3O2. The second kappa shape index (κ2) is 5.27. The summed E-state index contributed by atoms with van der Waals surface area (Å²) < 4.78 is 0. The van der Waals surface area contributed by atoms with E-state index in [4.69, 9.17) is 10.8 Å². The van der Waals surface area contributed by atoms with E-state index in [2.05, 4.69) is 4.90 Å². The normalized spacial score (nSPS) is 18.6. The maximum absolute atomic E-state index is 10.9. The summed E-state index contributed by atoms with van der Waals surface area (Å²) in [6, 6.07) is 7.39. The third kappa shape index (κ3) is 2.73. The van der Waals surface area contributed by atoms with Crippen LogP contribution in [0.5, 0.6) is 0 Å². The highest BCUT2D eigenvalue weighted by atomic mass is 16.4. The fourth-order valence-corrected chi connectivity index (χ4v) is 2.21. The maximum atomic E-state index is 10.9. The van der Waals surface area contributed by atoms with Gasteiger partial charge in [-0.3, -0.25) is 9.69 Å². The van der Waals surface area contributed by atoms with Gasteiger partial charge in [0.05, 0.1) is 0 Å². The molecule has 1 heterocycles. The van der Waals surface area contributed by atoms with Crippen molar-refractivity contribution in [1.82, 2.24) is 4.90 Å². The Labute approximate surface area is 107 Å². The molecule has 18 heavy (non-hydrogen) atoms. The standard InChI is InChI=1S/C13H19N3O2/c1-10(13(17)18)15-6-8-16(9-7-15)12-4-2-11(14)3-5-12/h2-5,10H,6-9,14H2,1H3,(H,17,18). The number of aliphatic carboxylic acids is 1. The van der Waals surface area contributed by atoms with Crippen molar-refractivity contribution in [2.24, 2.45) is 0 Å². The molecule has 5 heteroatoms. The van der Waals surface area contributed by atoms with Gasteiger partial charge in [0.2, 0.25) is 0 Å². The summed E-state index contributed by atoms with van der Waals surface area (Å²) in [6.07, 6.45) is 0. The first kappa shape index (κ1) is 12.7. The lowest BCUT2D eigenvalue weighted by molar-refractivity contribution is -0.142. The predicted molar refractivity (Wildman–Crippen MR) is 71.7 cm³/mol. The highest BCUT2D eigenvalue weighted by Gasteiger charge is 2.24. The van der Waals surface area contributed by atoms with Gasteiger partial charge in [0.1, 0.15) is 6.04 Å². The molecule has 0 spiro atoms. The van der Waals surface area contributed by atoms with Crippen LogP contribution in [0.4, 0.5) is 11.4 Å². The van der Waals surface area contributed by atoms with Crippen molar-refractivity contribution in [3.05, 3.63) is 24.3 Å². The number of carboxylic acid groups (broad SMARTS) is 1. The molecule has 0 radical (unpaired) electrons. The van der Waals surface area contributed by atoms with E-state index in [9.17, 15) is 4.79 Å². The lowest BCUT2D eigenvalue weighted by atomic mass is 10.2. The van der Waals surface area contributed by atoms with Crippen molar-refractivity contribution in [3.63, 3.8) is 0 Å². The largest absolute Gasteiger partial charge is 0.480 e. The van der Waals surface area contributed by atoms with E-state index >= 15 is 0 Å². The minimum absolute atomic E-state index is 0.404. The van der Waals surface area contributed by atoms with E-state index in [0.29, 0.717) is 0 Å². The highest BCUT2D eigenvalue weighted by Crippen LogP contribution is 2.18. The third-order valence-corrected chi connectivity index (χ3v) is 3.48. The SMILES string of the molecule is CC(C(=O)O)N1CCN(c2ccc(N)cc2)CC1. The zero-order valence-corrected chi connectivity index (χ0v) is 10.5. The molecule has 0 saturated carbocycles. The first-order chi connectivity index (χ1) is 8.58. The number of piperazine rings is 1. The van der Waals surface area contributed by atoms with Crippen molar-refractivity contribution in [2.45, 2.75) is 13.0 Å². The van der Waals surface area contributed by atoms with Crippen LogP contribution >= 0.6 is 0 Å². The minimum Gasteiger partial charge on any atom is -0.480 e. The van der Waals surface area contributed by atoms with Crippen LogP contribution in [-0.2, 0) is 4.79 Å². The Kier molecular flexibility index (Phi) is 3.72. The predicted octanol–water partition coefficient (Wildman–Crippen LogP) is 0.864. The summed E-state index contributed by atoms with van der Waals surface area (Å²) in [7, 11) is 0. The monoisotopic (exact) mass is 249 g/mol. The minimum atomic E-state index is -0.754. The number of nitrogens with two attached hydrogens (primary N) is 1. The van der Waals surface area contributed by atoms with Crippen molar-refractivity contribution in [2.75, 3.05) is 36.8 Å². The van der Waals surface area contributed by atoms with Crippen LogP contribution < -0.4 is 10.6 Å². The molecule has 0 aromatic heterocycles. The lowest BCUT2D eigenvalue weighted by Gasteiger charge is -2.37. The van der Waals surface area contributed by atoms with E-state index in [1.165, 1.54) is 0 Å². The highest BCUT2D eigenvalue weighted by molar-refractivity contribution is 5.73. The van der Waals surface area contributed by atoms with Crippen LogP contribution in [0.1, 0.15) is 6.92 Å². The van der Waals surface area contributed by atoms with Crippen LogP contribution in [0.25, 0.3) is 0 Å². The zero-order chi connectivity index (χ0) is 13.1. The molecule has 1 aliphatic heterocycles.